The van der Waals surface area contributed by atoms with E-state index >= 15 is 0 Å². The van der Waals surface area contributed by atoms with Gasteiger partial charge in [-0.05, 0) is 32.1 Å². The Kier molecular flexibility index (Phi) is 6.64. The van der Waals surface area contributed by atoms with Crippen molar-refractivity contribution in [2.75, 3.05) is 26.9 Å². The Hall–Kier alpha value is -1.82. The van der Waals surface area contributed by atoms with E-state index < -0.39 is 5.97 Å². The van der Waals surface area contributed by atoms with Gasteiger partial charge in [0.1, 0.15) is 0 Å². The molecular formula is C18H19Cl2NO4. The lowest BCUT2D eigenvalue weighted by Gasteiger charge is -2.16. The van der Waals surface area contributed by atoms with Crippen molar-refractivity contribution in [2.24, 2.45) is 0 Å². The first kappa shape index (κ1) is 19.5. The van der Waals surface area contributed by atoms with Crippen LogP contribution in [0.2, 0.25) is 10.0 Å². The van der Waals surface area contributed by atoms with Gasteiger partial charge in [-0.3, -0.25) is 4.79 Å². The number of hydrogen-bond acceptors (Lipinski definition) is 4. The lowest BCUT2D eigenvalue weighted by molar-refractivity contribution is -0.138. The molecule has 1 aromatic rings. The van der Waals surface area contributed by atoms with Crippen LogP contribution in [0.25, 0.3) is 6.08 Å². The molecule has 134 valence electrons. The quantitative estimate of drug-likeness (QED) is 0.554. The zero-order valence-corrected chi connectivity index (χ0v) is 15.8. The Morgan fingerprint density at radius 1 is 1.28 bits per heavy atom. The molecule has 0 aromatic heterocycles. The van der Waals surface area contributed by atoms with Crippen molar-refractivity contribution in [3.63, 3.8) is 0 Å². The summed E-state index contributed by atoms with van der Waals surface area (Å²) in [4.78, 5) is 26.7. The highest BCUT2D eigenvalue weighted by molar-refractivity contribution is 6.37. The lowest BCUT2D eigenvalue weighted by Crippen LogP contribution is -2.28. The second-order valence-corrected chi connectivity index (χ2v) is 6.14. The Morgan fingerprint density at radius 2 is 1.92 bits per heavy atom. The first-order valence-electron chi connectivity index (χ1n) is 7.77. The number of methoxy groups -OCH3 is 1. The van der Waals surface area contributed by atoms with E-state index in [0.29, 0.717) is 34.5 Å². The molecule has 2 rings (SSSR count). The van der Waals surface area contributed by atoms with Gasteiger partial charge < -0.3 is 14.4 Å². The van der Waals surface area contributed by atoms with Crippen molar-refractivity contribution in [2.45, 2.75) is 13.8 Å². The van der Waals surface area contributed by atoms with E-state index in [1.165, 1.54) is 11.0 Å². The normalized spacial score (nSPS) is 16.1. The van der Waals surface area contributed by atoms with Crippen LogP contribution in [0, 0.1) is 0 Å². The van der Waals surface area contributed by atoms with Crippen molar-refractivity contribution in [3.8, 4) is 0 Å². The maximum atomic E-state index is 12.8. The van der Waals surface area contributed by atoms with Gasteiger partial charge in [-0.1, -0.05) is 29.3 Å². The summed E-state index contributed by atoms with van der Waals surface area (Å²) in [5.74, 6) is -0.865. The standard InChI is InChI=1S/C18H19Cl2NO4/c1-4-25-18(23)16-11(2)21(8-9-24-3)17(22)13(16)10-12-14(19)6-5-7-15(12)20/h5-7,10H,4,8-9H2,1-3H3/b13-10-. The van der Waals surface area contributed by atoms with Crippen LogP contribution in [0.4, 0.5) is 0 Å². The van der Waals surface area contributed by atoms with Gasteiger partial charge in [-0.2, -0.15) is 0 Å². The van der Waals surface area contributed by atoms with E-state index in [1.807, 2.05) is 0 Å². The lowest BCUT2D eigenvalue weighted by atomic mass is 10.0. The summed E-state index contributed by atoms with van der Waals surface area (Å²) < 4.78 is 10.2. The maximum absolute atomic E-state index is 12.8. The van der Waals surface area contributed by atoms with Crippen LogP contribution in [0.5, 0.6) is 0 Å². The van der Waals surface area contributed by atoms with Gasteiger partial charge in [0.05, 0.1) is 24.4 Å². The third-order valence-corrected chi connectivity index (χ3v) is 4.46. The Balaban J connectivity index is 2.55. The van der Waals surface area contributed by atoms with Crippen LogP contribution in [0.15, 0.2) is 35.0 Å². The van der Waals surface area contributed by atoms with Crippen LogP contribution in [0.1, 0.15) is 19.4 Å². The molecule has 1 aliphatic rings. The molecule has 0 atom stereocenters. The minimum atomic E-state index is -0.553. The number of benzene rings is 1. The summed E-state index contributed by atoms with van der Waals surface area (Å²) >= 11 is 12.4. The second-order valence-electron chi connectivity index (χ2n) is 5.32. The third kappa shape index (κ3) is 4.06. The number of carbonyl (C=O) groups excluding carboxylic acids is 2. The molecule has 0 radical (unpaired) electrons. The smallest absolute Gasteiger partial charge is 0.340 e. The molecule has 0 spiro atoms. The highest BCUT2D eigenvalue weighted by atomic mass is 35.5. The molecule has 0 saturated carbocycles. The highest BCUT2D eigenvalue weighted by Crippen LogP contribution is 2.34. The van der Waals surface area contributed by atoms with Gasteiger partial charge in [-0.25, -0.2) is 4.79 Å². The number of esters is 1. The molecule has 0 fully saturated rings. The van der Waals surface area contributed by atoms with Crippen LogP contribution >= 0.6 is 23.2 Å². The van der Waals surface area contributed by atoms with Crippen LogP contribution < -0.4 is 0 Å². The van der Waals surface area contributed by atoms with Crippen molar-refractivity contribution >= 4 is 41.2 Å². The summed E-state index contributed by atoms with van der Waals surface area (Å²) in [6, 6.07) is 5.05. The van der Waals surface area contributed by atoms with Crippen molar-refractivity contribution < 1.29 is 19.1 Å². The van der Waals surface area contributed by atoms with Gasteiger partial charge >= 0.3 is 5.97 Å². The Morgan fingerprint density at radius 3 is 2.48 bits per heavy atom. The van der Waals surface area contributed by atoms with E-state index in [9.17, 15) is 9.59 Å². The number of hydrogen-bond donors (Lipinski definition) is 0. The number of carbonyl (C=O) groups is 2. The monoisotopic (exact) mass is 383 g/mol. The molecule has 5 nitrogen and oxygen atoms in total. The van der Waals surface area contributed by atoms with E-state index in [1.54, 1.807) is 39.2 Å². The fourth-order valence-electron chi connectivity index (χ4n) is 2.57. The van der Waals surface area contributed by atoms with Gasteiger partial charge in [-0.15, -0.1) is 0 Å². The number of amides is 1. The first-order valence-corrected chi connectivity index (χ1v) is 8.52. The molecule has 0 bridgehead atoms. The van der Waals surface area contributed by atoms with Crippen LogP contribution in [-0.2, 0) is 19.1 Å². The average Bonchev–Trinajstić information content (AvgIpc) is 2.80. The fraction of sp³-hybridized carbons (Fsp3) is 0.333. The third-order valence-electron chi connectivity index (χ3n) is 3.80. The molecule has 1 aromatic carbocycles. The van der Waals surface area contributed by atoms with E-state index in [4.69, 9.17) is 32.7 Å². The minimum absolute atomic E-state index is 0.210. The predicted molar refractivity (Wildman–Crippen MR) is 97.4 cm³/mol. The molecule has 1 amide bonds. The number of allylic oxidation sites excluding steroid dienone is 1. The molecule has 1 heterocycles. The summed E-state index contributed by atoms with van der Waals surface area (Å²) in [7, 11) is 1.55. The average molecular weight is 384 g/mol. The minimum Gasteiger partial charge on any atom is -0.462 e. The van der Waals surface area contributed by atoms with Gasteiger partial charge in [0, 0.05) is 35.0 Å². The second kappa shape index (κ2) is 8.52. The molecule has 7 heteroatoms. The van der Waals surface area contributed by atoms with Crippen molar-refractivity contribution in [1.82, 2.24) is 4.90 Å². The number of rotatable bonds is 6. The SMILES string of the molecule is CCOC(=O)C1=C(C)N(CCOC)C(=O)/C1=C\c1c(Cl)cccc1Cl. The molecule has 0 saturated heterocycles. The highest BCUT2D eigenvalue weighted by Gasteiger charge is 2.37. The molecule has 0 unspecified atom stereocenters. The Bertz CT molecular complexity index is 735. The molecular weight excluding hydrogens is 365 g/mol. The molecule has 25 heavy (non-hydrogen) atoms. The fourth-order valence-corrected chi connectivity index (χ4v) is 3.08. The molecule has 0 aliphatic carbocycles. The van der Waals surface area contributed by atoms with E-state index in [0.717, 1.165) is 0 Å². The van der Waals surface area contributed by atoms with Crippen molar-refractivity contribution in [1.29, 1.82) is 0 Å². The number of halogens is 2. The summed E-state index contributed by atoms with van der Waals surface area (Å²) in [6.07, 6.45) is 1.54. The van der Waals surface area contributed by atoms with Crippen LogP contribution in [0.3, 0.4) is 0 Å². The maximum Gasteiger partial charge on any atom is 0.340 e. The molecule has 1 aliphatic heterocycles. The van der Waals surface area contributed by atoms with Crippen molar-refractivity contribution in [3.05, 3.63) is 50.7 Å². The number of ether oxygens (including phenoxy) is 2. The summed E-state index contributed by atoms with van der Waals surface area (Å²) in [5.41, 5.74) is 1.44. The molecule has 0 N–H and O–H groups in total. The number of nitrogens with zero attached hydrogens (tertiary/aromatic N) is 1. The topological polar surface area (TPSA) is 55.8 Å². The Labute approximate surface area is 156 Å². The zero-order valence-electron chi connectivity index (χ0n) is 14.3. The van der Waals surface area contributed by atoms with Gasteiger partial charge in [0.2, 0.25) is 0 Å². The predicted octanol–water partition coefficient (Wildman–Crippen LogP) is 3.70. The van der Waals surface area contributed by atoms with E-state index in [-0.39, 0.29) is 23.7 Å². The first-order chi connectivity index (χ1) is 11.9. The summed E-state index contributed by atoms with van der Waals surface area (Å²) in [5, 5.41) is 0.785. The van der Waals surface area contributed by atoms with Gasteiger partial charge in [0.25, 0.3) is 5.91 Å². The van der Waals surface area contributed by atoms with Gasteiger partial charge in [0.15, 0.2) is 0 Å². The van der Waals surface area contributed by atoms with Crippen LogP contribution in [-0.4, -0.2) is 43.6 Å². The summed E-state index contributed by atoms with van der Waals surface area (Å²) in [6.45, 7) is 4.30. The van der Waals surface area contributed by atoms with E-state index in [2.05, 4.69) is 0 Å². The zero-order chi connectivity index (χ0) is 18.6. The largest absolute Gasteiger partial charge is 0.462 e.